The van der Waals surface area contributed by atoms with Gasteiger partial charge in [-0.3, -0.25) is 9.74 Å². The second kappa shape index (κ2) is 11.1. The molecule has 0 bridgehead atoms. The third-order valence-electron chi connectivity index (χ3n) is 6.74. The van der Waals surface area contributed by atoms with Gasteiger partial charge in [0.15, 0.2) is 5.88 Å². The highest BCUT2D eigenvalue weighted by Gasteiger charge is 2.24. The number of fused-ring (bicyclic) bond motifs is 1. The zero-order chi connectivity index (χ0) is 26.7. The summed E-state index contributed by atoms with van der Waals surface area (Å²) < 4.78 is 25.8. The van der Waals surface area contributed by atoms with Gasteiger partial charge in [0.25, 0.3) is 10.0 Å². The van der Waals surface area contributed by atoms with E-state index in [-0.39, 0.29) is 17.4 Å². The predicted octanol–water partition coefficient (Wildman–Crippen LogP) is 5.18. The molecule has 0 saturated carbocycles. The van der Waals surface area contributed by atoms with Gasteiger partial charge in [-0.25, -0.2) is 13.4 Å². The number of benzene rings is 3. The minimum atomic E-state index is -3.93. The van der Waals surface area contributed by atoms with Crippen LogP contribution in [0.2, 0.25) is 0 Å². The van der Waals surface area contributed by atoms with Crippen LogP contribution < -0.4 is 4.89 Å². The van der Waals surface area contributed by atoms with Gasteiger partial charge >= 0.3 is 0 Å². The first-order chi connectivity index (χ1) is 18.4. The zero-order valence-corrected chi connectivity index (χ0v) is 22.4. The molecule has 1 aliphatic rings. The Balaban J connectivity index is 1.61. The second-order valence-corrected chi connectivity index (χ2v) is 11.1. The van der Waals surface area contributed by atoms with Crippen LogP contribution in [0.15, 0.2) is 76.6 Å². The highest BCUT2D eigenvalue weighted by atomic mass is 32.2. The Morgan fingerprint density at radius 1 is 1.08 bits per heavy atom. The molecule has 2 heterocycles. The maximum Gasteiger partial charge on any atom is 0.262 e. The third-order valence-corrected chi connectivity index (χ3v) is 8.10. The summed E-state index contributed by atoms with van der Waals surface area (Å²) in [6, 6.07) is 20.9. The number of aromatic nitrogens is 1. The Kier molecular flexibility index (Phi) is 7.62. The van der Waals surface area contributed by atoms with E-state index in [9.17, 15) is 13.5 Å². The molecule has 0 radical (unpaired) electrons. The Bertz CT molecular complexity index is 1560. The number of aromatic amines is 1. The van der Waals surface area contributed by atoms with E-state index in [0.717, 1.165) is 30.9 Å². The largest absolute Gasteiger partial charge is 0.494 e. The molecule has 9 heteroatoms. The molecule has 38 heavy (non-hydrogen) atoms. The summed E-state index contributed by atoms with van der Waals surface area (Å²) in [6.45, 7) is 6.78. The summed E-state index contributed by atoms with van der Waals surface area (Å²) in [7, 11) is -3.93. The molecule has 1 fully saturated rings. The van der Waals surface area contributed by atoms with Crippen molar-refractivity contribution in [2.45, 2.75) is 38.1 Å². The van der Waals surface area contributed by atoms with Crippen LogP contribution in [0.25, 0.3) is 10.9 Å². The minimum absolute atomic E-state index is 0.0670. The van der Waals surface area contributed by atoms with Crippen molar-refractivity contribution in [1.82, 2.24) is 14.8 Å². The average Bonchev–Trinajstić information content (AvgIpc) is 3.53. The van der Waals surface area contributed by atoms with Crippen LogP contribution in [0.1, 0.15) is 42.0 Å². The summed E-state index contributed by atoms with van der Waals surface area (Å²) in [5.41, 5.74) is 4.85. The Morgan fingerprint density at radius 3 is 2.47 bits per heavy atom. The van der Waals surface area contributed by atoms with Crippen molar-refractivity contribution in [2.24, 2.45) is 4.99 Å². The maximum absolute atomic E-state index is 12.9. The highest BCUT2D eigenvalue weighted by molar-refractivity contribution is 7.89. The first kappa shape index (κ1) is 26.1. The SMILES string of the molecule is CCONS(=O)(=O)c1cc2c(C(=Nc3ccc(CN4CCCC4)cc3)c3ccccc3)c(O)[nH]c2cc1C. The molecule has 1 aromatic heterocycles. The number of rotatable bonds is 9. The lowest BCUT2D eigenvalue weighted by atomic mass is 10.00. The molecule has 0 spiro atoms. The first-order valence-electron chi connectivity index (χ1n) is 12.8. The number of sulfonamides is 1. The molecule has 198 valence electrons. The standard InChI is InChI=1S/C29H32N4O4S/c1-3-37-32-38(35,36)26-18-24-25(17-20(26)2)31-29(34)27(24)28(22-9-5-4-6-10-22)30-23-13-11-21(12-14-23)19-33-15-7-8-16-33/h4-6,9-14,17-18,31-32,34H,3,7-8,15-16,19H2,1-2H3. The van der Waals surface area contributed by atoms with E-state index in [1.165, 1.54) is 18.4 Å². The smallest absolute Gasteiger partial charge is 0.262 e. The van der Waals surface area contributed by atoms with Crippen molar-refractivity contribution in [3.63, 3.8) is 0 Å². The van der Waals surface area contributed by atoms with Crippen LogP contribution in [0.3, 0.4) is 0 Å². The molecule has 5 rings (SSSR count). The van der Waals surface area contributed by atoms with Crippen molar-refractivity contribution in [1.29, 1.82) is 0 Å². The quantitative estimate of drug-likeness (QED) is 0.204. The number of hydrogen-bond acceptors (Lipinski definition) is 6. The van der Waals surface area contributed by atoms with Crippen LogP contribution in [0, 0.1) is 6.92 Å². The van der Waals surface area contributed by atoms with E-state index in [0.29, 0.717) is 27.7 Å². The van der Waals surface area contributed by atoms with Gasteiger partial charge in [0.2, 0.25) is 0 Å². The number of likely N-dealkylation sites (tertiary alicyclic amines) is 1. The van der Waals surface area contributed by atoms with Crippen molar-refractivity contribution in [2.75, 3.05) is 19.7 Å². The van der Waals surface area contributed by atoms with Crippen LogP contribution >= 0.6 is 0 Å². The van der Waals surface area contributed by atoms with Crippen LogP contribution in [0.5, 0.6) is 5.88 Å². The van der Waals surface area contributed by atoms with Crippen molar-refractivity contribution in [3.8, 4) is 5.88 Å². The van der Waals surface area contributed by atoms with E-state index >= 15 is 0 Å². The van der Waals surface area contributed by atoms with E-state index < -0.39 is 10.0 Å². The number of hydrogen-bond donors (Lipinski definition) is 3. The number of H-pyrrole nitrogens is 1. The molecule has 3 N–H and O–H groups in total. The summed E-state index contributed by atoms with van der Waals surface area (Å²) in [5.74, 6) is -0.0834. The second-order valence-electron chi connectivity index (χ2n) is 9.51. The number of aryl methyl sites for hydroxylation is 1. The molecule has 0 atom stereocenters. The minimum Gasteiger partial charge on any atom is -0.494 e. The molecule has 8 nitrogen and oxygen atoms in total. The summed E-state index contributed by atoms with van der Waals surface area (Å²) in [5, 5.41) is 11.6. The average molecular weight is 533 g/mol. The van der Waals surface area contributed by atoms with Gasteiger partial charge in [-0.05, 0) is 75.2 Å². The fourth-order valence-corrected chi connectivity index (χ4v) is 6.01. The molecule has 4 aromatic rings. The van der Waals surface area contributed by atoms with Crippen LogP contribution in [0.4, 0.5) is 5.69 Å². The summed E-state index contributed by atoms with van der Waals surface area (Å²) >= 11 is 0. The van der Waals surface area contributed by atoms with Gasteiger partial charge in [-0.2, -0.15) is 0 Å². The van der Waals surface area contributed by atoms with Crippen LogP contribution in [-0.2, 0) is 21.4 Å². The molecule has 3 aromatic carbocycles. The number of aromatic hydroxyl groups is 1. The molecular weight excluding hydrogens is 500 g/mol. The van der Waals surface area contributed by atoms with E-state index in [1.54, 1.807) is 26.0 Å². The molecular formula is C29H32N4O4S. The molecule has 0 unspecified atom stereocenters. The lowest BCUT2D eigenvalue weighted by Gasteiger charge is -2.14. The summed E-state index contributed by atoms with van der Waals surface area (Å²) in [6.07, 6.45) is 2.50. The normalized spacial score (nSPS) is 14.9. The lowest BCUT2D eigenvalue weighted by Crippen LogP contribution is -2.24. The molecule has 1 saturated heterocycles. The highest BCUT2D eigenvalue weighted by Crippen LogP contribution is 2.34. The van der Waals surface area contributed by atoms with Gasteiger partial charge in [0.05, 0.1) is 28.5 Å². The van der Waals surface area contributed by atoms with Gasteiger partial charge < -0.3 is 10.1 Å². The van der Waals surface area contributed by atoms with Crippen LogP contribution in [-0.4, -0.2) is 48.8 Å². The van der Waals surface area contributed by atoms with Gasteiger partial charge in [0, 0.05) is 23.0 Å². The van der Waals surface area contributed by atoms with Crippen molar-refractivity contribution in [3.05, 3.63) is 89.0 Å². The molecule has 0 amide bonds. The fraction of sp³-hybridized carbons (Fsp3) is 0.276. The number of nitrogens with zero attached hydrogens (tertiary/aromatic N) is 2. The Hall–Kier alpha value is -3.50. The van der Waals surface area contributed by atoms with E-state index in [2.05, 4.69) is 26.9 Å². The third kappa shape index (κ3) is 5.51. The Labute approximate surface area is 223 Å². The Morgan fingerprint density at radius 2 is 1.79 bits per heavy atom. The van der Waals surface area contributed by atoms with Gasteiger partial charge in [-0.15, -0.1) is 0 Å². The molecule has 0 aliphatic carbocycles. The summed E-state index contributed by atoms with van der Waals surface area (Å²) in [4.78, 5) is 17.6. The van der Waals surface area contributed by atoms with E-state index in [1.807, 2.05) is 42.5 Å². The lowest BCUT2D eigenvalue weighted by molar-refractivity contribution is 0.105. The first-order valence-corrected chi connectivity index (χ1v) is 14.3. The molecule has 1 aliphatic heterocycles. The van der Waals surface area contributed by atoms with Crippen molar-refractivity contribution < 1.29 is 18.4 Å². The number of aliphatic imine (C=N–C) groups is 1. The fourth-order valence-electron chi connectivity index (χ4n) is 4.89. The van der Waals surface area contributed by atoms with Gasteiger partial charge in [-0.1, -0.05) is 47.3 Å². The number of nitrogens with one attached hydrogen (secondary N) is 2. The van der Waals surface area contributed by atoms with Gasteiger partial charge in [0.1, 0.15) is 0 Å². The zero-order valence-electron chi connectivity index (χ0n) is 21.6. The monoisotopic (exact) mass is 532 g/mol. The van der Waals surface area contributed by atoms with Crippen molar-refractivity contribution >= 4 is 32.3 Å². The maximum atomic E-state index is 12.9. The van der Waals surface area contributed by atoms with E-state index in [4.69, 9.17) is 9.83 Å². The predicted molar refractivity (Wildman–Crippen MR) is 149 cm³/mol. The topological polar surface area (TPSA) is 107 Å².